The largest absolute Gasteiger partial charge is 0.404 e. The number of aliphatic imine (C=N–C) groups is 1. The van der Waals surface area contributed by atoms with E-state index in [0.29, 0.717) is 6.54 Å². The fourth-order valence-corrected chi connectivity index (χ4v) is 0.309. The standard InChI is InChI=1S/C6H12N2O/c1-6(4-7)5-8-2-3-9/h4-5,9H,2-3,7H2,1H3. The second-order valence-electron chi connectivity index (χ2n) is 1.67. The number of aliphatic hydroxyl groups is 1. The van der Waals surface area contributed by atoms with Gasteiger partial charge in [-0.2, -0.15) is 0 Å². The van der Waals surface area contributed by atoms with E-state index in [1.54, 1.807) is 6.21 Å². The van der Waals surface area contributed by atoms with Gasteiger partial charge >= 0.3 is 0 Å². The molecule has 0 rings (SSSR count). The molecule has 3 N–H and O–H groups in total. The number of allylic oxidation sites excluding steroid dienone is 1. The molecule has 0 aliphatic rings. The number of nitrogens with two attached hydrogens (primary N) is 1. The zero-order valence-electron chi connectivity index (χ0n) is 5.54. The molecule has 0 bridgehead atoms. The molecule has 0 aliphatic carbocycles. The summed E-state index contributed by atoms with van der Waals surface area (Å²) in [5.41, 5.74) is 6.04. The highest BCUT2D eigenvalue weighted by atomic mass is 16.3. The minimum Gasteiger partial charge on any atom is -0.404 e. The van der Waals surface area contributed by atoms with Crippen molar-refractivity contribution in [3.8, 4) is 0 Å². The van der Waals surface area contributed by atoms with E-state index in [-0.39, 0.29) is 6.61 Å². The smallest absolute Gasteiger partial charge is 0.0626 e. The van der Waals surface area contributed by atoms with Gasteiger partial charge in [-0.1, -0.05) is 0 Å². The SMILES string of the molecule is CC(C=NCCO)=CN. The summed E-state index contributed by atoms with van der Waals surface area (Å²) in [7, 11) is 0. The Morgan fingerprint density at radius 2 is 2.44 bits per heavy atom. The van der Waals surface area contributed by atoms with Crippen LogP contribution in [0.2, 0.25) is 0 Å². The van der Waals surface area contributed by atoms with Gasteiger partial charge in [-0.3, -0.25) is 4.99 Å². The topological polar surface area (TPSA) is 58.6 Å². The Balaban J connectivity index is 3.45. The van der Waals surface area contributed by atoms with Crippen LogP contribution in [0.1, 0.15) is 6.92 Å². The predicted octanol–water partition coefficient (Wildman–Crippen LogP) is -0.0880. The van der Waals surface area contributed by atoms with E-state index in [0.717, 1.165) is 5.57 Å². The van der Waals surface area contributed by atoms with Crippen LogP contribution in [0.4, 0.5) is 0 Å². The molecule has 0 unspecified atom stereocenters. The lowest BCUT2D eigenvalue weighted by Gasteiger charge is -1.86. The first-order valence-corrected chi connectivity index (χ1v) is 2.80. The van der Waals surface area contributed by atoms with E-state index in [9.17, 15) is 0 Å². The minimum absolute atomic E-state index is 0.0916. The van der Waals surface area contributed by atoms with Gasteiger partial charge in [0.1, 0.15) is 0 Å². The van der Waals surface area contributed by atoms with Crippen molar-refractivity contribution < 1.29 is 5.11 Å². The third-order valence-corrected chi connectivity index (χ3v) is 0.787. The summed E-state index contributed by atoms with van der Waals surface area (Å²) in [6, 6.07) is 0. The molecule has 52 valence electrons. The first kappa shape index (κ1) is 8.17. The van der Waals surface area contributed by atoms with Crippen molar-refractivity contribution in [3.63, 3.8) is 0 Å². The second kappa shape index (κ2) is 5.31. The van der Waals surface area contributed by atoms with Gasteiger partial charge in [0.25, 0.3) is 0 Å². The molecule has 0 aromatic carbocycles. The van der Waals surface area contributed by atoms with Gasteiger partial charge in [0, 0.05) is 6.21 Å². The Morgan fingerprint density at radius 1 is 1.78 bits per heavy atom. The summed E-state index contributed by atoms with van der Waals surface area (Å²) in [5, 5.41) is 8.29. The molecule has 3 heteroatoms. The summed E-state index contributed by atoms with van der Waals surface area (Å²) in [6.07, 6.45) is 3.11. The summed E-state index contributed by atoms with van der Waals surface area (Å²) >= 11 is 0. The molecule has 9 heavy (non-hydrogen) atoms. The first-order chi connectivity index (χ1) is 4.31. The van der Waals surface area contributed by atoms with Crippen LogP contribution in [0.3, 0.4) is 0 Å². The van der Waals surface area contributed by atoms with Crippen LogP contribution in [-0.2, 0) is 0 Å². The summed E-state index contributed by atoms with van der Waals surface area (Å²) < 4.78 is 0. The normalized spacial score (nSPS) is 12.9. The Kier molecular flexibility index (Phi) is 4.82. The van der Waals surface area contributed by atoms with E-state index in [1.807, 2.05) is 6.92 Å². The molecule has 0 heterocycles. The van der Waals surface area contributed by atoms with E-state index >= 15 is 0 Å². The number of rotatable bonds is 3. The number of hydrogen-bond acceptors (Lipinski definition) is 3. The molecule has 0 aliphatic heterocycles. The Labute approximate surface area is 54.9 Å². The second-order valence-corrected chi connectivity index (χ2v) is 1.67. The van der Waals surface area contributed by atoms with Crippen LogP contribution in [0.15, 0.2) is 16.8 Å². The van der Waals surface area contributed by atoms with Gasteiger partial charge in [-0.25, -0.2) is 0 Å². The summed E-state index contributed by atoms with van der Waals surface area (Å²) in [5.74, 6) is 0. The van der Waals surface area contributed by atoms with Crippen LogP contribution >= 0.6 is 0 Å². The lowest BCUT2D eigenvalue weighted by atomic mass is 10.4. The van der Waals surface area contributed by atoms with E-state index in [1.165, 1.54) is 6.20 Å². The molecule has 0 aromatic heterocycles. The van der Waals surface area contributed by atoms with Crippen molar-refractivity contribution in [2.45, 2.75) is 6.92 Å². The molecular weight excluding hydrogens is 116 g/mol. The average molecular weight is 128 g/mol. The van der Waals surface area contributed by atoms with Crippen molar-refractivity contribution in [1.82, 2.24) is 0 Å². The lowest BCUT2D eigenvalue weighted by molar-refractivity contribution is 0.307. The molecule has 0 spiro atoms. The highest BCUT2D eigenvalue weighted by molar-refractivity contribution is 5.77. The molecule has 0 radical (unpaired) electrons. The zero-order chi connectivity index (χ0) is 7.11. The van der Waals surface area contributed by atoms with Crippen LogP contribution in [0.25, 0.3) is 0 Å². The van der Waals surface area contributed by atoms with Crippen LogP contribution in [0.5, 0.6) is 0 Å². The number of nitrogens with zero attached hydrogens (tertiary/aromatic N) is 1. The molecule has 3 nitrogen and oxygen atoms in total. The highest BCUT2D eigenvalue weighted by Crippen LogP contribution is 1.81. The Morgan fingerprint density at radius 3 is 2.89 bits per heavy atom. The van der Waals surface area contributed by atoms with E-state index in [4.69, 9.17) is 10.8 Å². The van der Waals surface area contributed by atoms with E-state index < -0.39 is 0 Å². The number of hydrogen-bond donors (Lipinski definition) is 2. The molecule has 0 aromatic rings. The van der Waals surface area contributed by atoms with Crippen molar-refractivity contribution in [1.29, 1.82) is 0 Å². The molecular formula is C6H12N2O. The van der Waals surface area contributed by atoms with Crippen LogP contribution in [0, 0.1) is 0 Å². The van der Waals surface area contributed by atoms with Crippen molar-refractivity contribution in [3.05, 3.63) is 11.8 Å². The molecule has 0 amide bonds. The zero-order valence-corrected chi connectivity index (χ0v) is 5.54. The fourth-order valence-electron chi connectivity index (χ4n) is 0.309. The third kappa shape index (κ3) is 5.03. The molecule has 0 saturated heterocycles. The Hall–Kier alpha value is -0.830. The van der Waals surface area contributed by atoms with Gasteiger partial charge in [0.2, 0.25) is 0 Å². The van der Waals surface area contributed by atoms with Crippen molar-refractivity contribution in [2.24, 2.45) is 10.7 Å². The maximum Gasteiger partial charge on any atom is 0.0626 e. The maximum atomic E-state index is 8.29. The van der Waals surface area contributed by atoms with Crippen LogP contribution < -0.4 is 5.73 Å². The minimum atomic E-state index is 0.0916. The Bertz CT molecular complexity index is 118. The van der Waals surface area contributed by atoms with Crippen LogP contribution in [-0.4, -0.2) is 24.5 Å². The van der Waals surface area contributed by atoms with E-state index in [2.05, 4.69) is 4.99 Å². The summed E-state index contributed by atoms with van der Waals surface area (Å²) in [6.45, 7) is 2.39. The highest BCUT2D eigenvalue weighted by Gasteiger charge is 1.77. The molecule has 0 atom stereocenters. The van der Waals surface area contributed by atoms with Gasteiger partial charge in [-0.15, -0.1) is 0 Å². The van der Waals surface area contributed by atoms with Gasteiger partial charge in [-0.05, 0) is 18.7 Å². The predicted molar refractivity (Wildman–Crippen MR) is 38.4 cm³/mol. The molecule has 0 fully saturated rings. The lowest BCUT2D eigenvalue weighted by Crippen LogP contribution is -1.90. The van der Waals surface area contributed by atoms with Crippen molar-refractivity contribution >= 4 is 6.21 Å². The summed E-state index contributed by atoms with van der Waals surface area (Å²) in [4.78, 5) is 3.84. The van der Waals surface area contributed by atoms with Gasteiger partial charge in [0.05, 0.1) is 13.2 Å². The first-order valence-electron chi connectivity index (χ1n) is 2.80. The maximum absolute atomic E-state index is 8.29. The van der Waals surface area contributed by atoms with Gasteiger partial charge in [0.15, 0.2) is 0 Å². The average Bonchev–Trinajstić information content (AvgIpc) is 1.89. The van der Waals surface area contributed by atoms with Crippen molar-refractivity contribution in [2.75, 3.05) is 13.2 Å². The van der Waals surface area contributed by atoms with Gasteiger partial charge < -0.3 is 10.8 Å². The fraction of sp³-hybridized carbons (Fsp3) is 0.500. The molecule has 0 saturated carbocycles. The number of aliphatic hydroxyl groups excluding tert-OH is 1. The quantitative estimate of drug-likeness (QED) is 0.522. The third-order valence-electron chi connectivity index (χ3n) is 0.787. The monoisotopic (exact) mass is 128 g/mol.